The average molecular weight is 499 g/mol. The molecule has 3 rings (SSSR count). The first-order valence-corrected chi connectivity index (χ1v) is 11.3. The number of nitrogens with one attached hydrogen (secondary N) is 2. The summed E-state index contributed by atoms with van der Waals surface area (Å²) in [6.45, 7) is 2.10. The second kappa shape index (κ2) is 12.4. The third kappa shape index (κ3) is 7.22. The molecule has 1 amide bonds. The Hall–Kier alpha value is -4.03. The van der Waals surface area contributed by atoms with Gasteiger partial charge in [0.05, 0.1) is 25.4 Å². The van der Waals surface area contributed by atoms with Crippen LogP contribution in [0.5, 0.6) is 5.75 Å². The number of hydrogen-bond donors (Lipinski definition) is 3. The van der Waals surface area contributed by atoms with Gasteiger partial charge in [-0.25, -0.2) is 9.79 Å². The molecule has 35 heavy (non-hydrogen) atoms. The molecule has 0 bridgehead atoms. The Morgan fingerprint density at radius 2 is 2.06 bits per heavy atom. The van der Waals surface area contributed by atoms with Crippen LogP contribution in [0.15, 0.2) is 62.9 Å². The lowest BCUT2D eigenvalue weighted by atomic mass is 10.1. The van der Waals surface area contributed by atoms with Gasteiger partial charge in [-0.1, -0.05) is 41.7 Å². The predicted octanol–water partition coefficient (Wildman–Crippen LogP) is 2.99. The van der Waals surface area contributed by atoms with Gasteiger partial charge < -0.3 is 24.9 Å². The van der Waals surface area contributed by atoms with E-state index in [0.29, 0.717) is 29.6 Å². The molecule has 0 radical (unpaired) electrons. The molecule has 12 heteroatoms. The molecule has 1 aromatic carbocycles. The van der Waals surface area contributed by atoms with Gasteiger partial charge in [0, 0.05) is 18.9 Å². The van der Waals surface area contributed by atoms with Gasteiger partial charge in [-0.15, -0.1) is 10.2 Å². The molecule has 11 nitrogen and oxygen atoms in total. The van der Waals surface area contributed by atoms with E-state index in [1.165, 1.54) is 19.4 Å². The van der Waals surface area contributed by atoms with Gasteiger partial charge in [0.2, 0.25) is 16.0 Å². The van der Waals surface area contributed by atoms with Crippen LogP contribution in [0.4, 0.5) is 16.0 Å². The number of amides is 1. The number of anilines is 2. The average Bonchev–Trinajstić information content (AvgIpc) is 3.26. The topological polar surface area (TPSA) is 154 Å². The first kappa shape index (κ1) is 25.6. The number of carbonyl (C=O) groups is 1. The van der Waals surface area contributed by atoms with E-state index >= 15 is 0 Å². The highest BCUT2D eigenvalue weighted by molar-refractivity contribution is 7.18. The molecule has 0 aliphatic heterocycles. The number of hydrogen-bond acceptors (Lipinski definition) is 11. The van der Waals surface area contributed by atoms with Crippen LogP contribution in [0.2, 0.25) is 0 Å². The van der Waals surface area contributed by atoms with Gasteiger partial charge in [-0.2, -0.15) is 0 Å². The summed E-state index contributed by atoms with van der Waals surface area (Å²) in [6.07, 6.45) is 3.58. The van der Waals surface area contributed by atoms with Gasteiger partial charge in [-0.3, -0.25) is 10.1 Å². The minimum absolute atomic E-state index is 0.0494. The Morgan fingerprint density at radius 1 is 1.29 bits per heavy atom. The molecule has 4 N–H and O–H groups in total. The molecular formula is C23H26N6O5S. The Morgan fingerprint density at radius 3 is 2.74 bits per heavy atom. The number of allylic oxidation sites excluding steroid dienone is 1. The number of nitrogens with two attached hydrogens (primary N) is 1. The van der Waals surface area contributed by atoms with Crippen LogP contribution in [0, 0.1) is 0 Å². The zero-order valence-electron chi connectivity index (χ0n) is 19.5. The largest absolute Gasteiger partial charge is 0.488 e. The van der Waals surface area contributed by atoms with E-state index in [4.69, 9.17) is 19.6 Å². The van der Waals surface area contributed by atoms with E-state index in [2.05, 4.69) is 25.8 Å². The van der Waals surface area contributed by atoms with E-state index in [1.54, 1.807) is 20.1 Å². The number of rotatable bonds is 11. The number of benzene rings is 1. The van der Waals surface area contributed by atoms with Crippen LogP contribution in [0.1, 0.15) is 23.0 Å². The SMILES string of the molecule is COC[C@@H](Cc1ccccc1)Nc1cc(C(=O)Nc2nnc(N=C(C)C=CN)s2)oc(=O)c1OC. The lowest BCUT2D eigenvalue weighted by molar-refractivity contribution is 0.0991. The Bertz CT molecular complexity index is 1250. The molecule has 184 valence electrons. The summed E-state index contributed by atoms with van der Waals surface area (Å²) in [6, 6.07) is 11.0. The van der Waals surface area contributed by atoms with E-state index in [-0.39, 0.29) is 22.7 Å². The quantitative estimate of drug-likeness (QED) is 0.338. The third-order valence-corrected chi connectivity index (χ3v) is 5.37. The molecule has 0 fully saturated rings. The number of aromatic nitrogens is 2. The summed E-state index contributed by atoms with van der Waals surface area (Å²) < 4.78 is 15.7. The smallest absolute Gasteiger partial charge is 0.381 e. The van der Waals surface area contributed by atoms with Crippen molar-refractivity contribution in [2.24, 2.45) is 10.7 Å². The maximum absolute atomic E-state index is 12.8. The highest BCUT2D eigenvalue weighted by Crippen LogP contribution is 2.26. The molecule has 0 spiro atoms. The zero-order chi connectivity index (χ0) is 25.2. The van der Waals surface area contributed by atoms with Crippen LogP contribution in [-0.2, 0) is 11.2 Å². The van der Waals surface area contributed by atoms with Crippen molar-refractivity contribution < 1.29 is 18.7 Å². The van der Waals surface area contributed by atoms with E-state index in [0.717, 1.165) is 16.9 Å². The fourth-order valence-electron chi connectivity index (χ4n) is 3.16. The lowest BCUT2D eigenvalue weighted by Crippen LogP contribution is -2.29. The van der Waals surface area contributed by atoms with Crippen molar-refractivity contribution in [1.82, 2.24) is 10.2 Å². The minimum Gasteiger partial charge on any atom is -0.488 e. The molecule has 0 saturated heterocycles. The van der Waals surface area contributed by atoms with Crippen molar-refractivity contribution in [3.05, 3.63) is 70.4 Å². The van der Waals surface area contributed by atoms with E-state index in [9.17, 15) is 9.59 Å². The maximum Gasteiger partial charge on any atom is 0.381 e. The van der Waals surface area contributed by atoms with Crippen LogP contribution >= 0.6 is 11.3 Å². The number of methoxy groups -OCH3 is 2. The number of nitrogens with zero attached hydrogens (tertiary/aromatic N) is 3. The summed E-state index contributed by atoms with van der Waals surface area (Å²) >= 11 is 1.05. The van der Waals surface area contributed by atoms with Gasteiger partial charge in [0.1, 0.15) is 0 Å². The number of carbonyl (C=O) groups excluding carboxylic acids is 1. The first-order chi connectivity index (χ1) is 16.9. The summed E-state index contributed by atoms with van der Waals surface area (Å²) in [5, 5.41) is 14.1. The van der Waals surface area contributed by atoms with Gasteiger partial charge in [-0.05, 0) is 31.2 Å². The van der Waals surface area contributed by atoms with Gasteiger partial charge in [0.25, 0.3) is 5.91 Å². The van der Waals surface area contributed by atoms with Crippen LogP contribution in [0.25, 0.3) is 0 Å². The minimum atomic E-state index is -0.801. The van der Waals surface area contributed by atoms with E-state index < -0.39 is 11.5 Å². The molecule has 3 aromatic rings. The zero-order valence-corrected chi connectivity index (χ0v) is 20.3. The summed E-state index contributed by atoms with van der Waals surface area (Å²) in [7, 11) is 2.94. The summed E-state index contributed by atoms with van der Waals surface area (Å²) in [5.41, 5.74) is 6.55. The highest BCUT2D eigenvalue weighted by atomic mass is 32.1. The second-order valence-electron chi connectivity index (χ2n) is 7.29. The molecule has 0 saturated carbocycles. The molecule has 0 aliphatic carbocycles. The monoisotopic (exact) mass is 498 g/mol. The standard InChI is InChI=1S/C23H26N6O5S/c1-14(9-10-24)25-22-28-29-23(35-22)27-20(30)18-12-17(19(33-3)21(31)34-18)26-16(13-32-2)11-15-7-5-4-6-8-15/h4-10,12,16,26H,11,13,24H2,1-3H3,(H,27,29,30)/t16-/m1/s1. The lowest BCUT2D eigenvalue weighted by Gasteiger charge is -2.20. The van der Waals surface area contributed by atoms with E-state index in [1.807, 2.05) is 30.3 Å². The third-order valence-electron chi connectivity index (χ3n) is 4.63. The Labute approximate surface area is 205 Å². The first-order valence-electron chi connectivity index (χ1n) is 10.5. The second-order valence-corrected chi connectivity index (χ2v) is 8.24. The molecule has 1 atom stereocenters. The fraction of sp³-hybridized carbons (Fsp3) is 0.261. The maximum atomic E-state index is 12.8. The molecule has 0 aliphatic rings. The predicted molar refractivity (Wildman–Crippen MR) is 135 cm³/mol. The Kier molecular flexibility index (Phi) is 9.09. The van der Waals surface area contributed by atoms with Gasteiger partial charge in [0.15, 0.2) is 5.76 Å². The molecule has 0 unspecified atom stereocenters. The molecule has 2 heterocycles. The van der Waals surface area contributed by atoms with Crippen LogP contribution < -0.4 is 26.7 Å². The van der Waals surface area contributed by atoms with Crippen molar-refractivity contribution in [1.29, 1.82) is 0 Å². The van der Waals surface area contributed by atoms with Crippen molar-refractivity contribution in [2.75, 3.05) is 31.5 Å². The normalized spacial score (nSPS) is 12.5. The van der Waals surface area contributed by atoms with Crippen molar-refractivity contribution in [3.8, 4) is 5.75 Å². The number of ether oxygens (including phenoxy) is 2. The van der Waals surface area contributed by atoms with Crippen molar-refractivity contribution >= 4 is 38.9 Å². The summed E-state index contributed by atoms with van der Waals surface area (Å²) in [4.78, 5) is 29.5. The molecule has 2 aromatic heterocycles. The highest BCUT2D eigenvalue weighted by Gasteiger charge is 2.21. The Balaban J connectivity index is 1.81. The number of aliphatic imine (C=N–C) groups is 1. The van der Waals surface area contributed by atoms with Crippen LogP contribution in [0.3, 0.4) is 0 Å². The van der Waals surface area contributed by atoms with Crippen molar-refractivity contribution in [3.63, 3.8) is 0 Å². The fourth-order valence-corrected chi connectivity index (χ4v) is 3.83. The van der Waals surface area contributed by atoms with Gasteiger partial charge >= 0.3 is 5.63 Å². The molecular weight excluding hydrogens is 472 g/mol. The van der Waals surface area contributed by atoms with Crippen molar-refractivity contribution in [2.45, 2.75) is 19.4 Å². The summed E-state index contributed by atoms with van der Waals surface area (Å²) in [5.74, 6) is -0.951. The van der Waals surface area contributed by atoms with Crippen LogP contribution in [-0.4, -0.2) is 48.7 Å².